The van der Waals surface area contributed by atoms with Gasteiger partial charge in [0, 0.05) is 43.4 Å². The van der Waals surface area contributed by atoms with Gasteiger partial charge in [0.15, 0.2) is 5.96 Å². The summed E-state index contributed by atoms with van der Waals surface area (Å²) >= 11 is 7.62. The summed E-state index contributed by atoms with van der Waals surface area (Å²) in [5, 5.41) is 11.2. The molecule has 6 nitrogen and oxygen atoms in total. The molecular formula is C20H26ClN5OS. The first-order valence-corrected chi connectivity index (χ1v) is 10.8. The first-order valence-electron chi connectivity index (χ1n) is 9.47. The number of amides is 1. The molecule has 2 aromatic rings. The summed E-state index contributed by atoms with van der Waals surface area (Å²) in [5.74, 6) is 0.763. The lowest BCUT2D eigenvalue weighted by Gasteiger charge is -2.36. The first-order chi connectivity index (χ1) is 13.7. The highest BCUT2D eigenvalue weighted by Gasteiger charge is 2.21. The fraction of sp³-hybridized carbons (Fsp3) is 0.400. The summed E-state index contributed by atoms with van der Waals surface area (Å²) in [6.45, 7) is 6.68. The number of aliphatic imine (C=N–C) groups is 1. The van der Waals surface area contributed by atoms with Crippen LogP contribution in [0.5, 0.6) is 0 Å². The van der Waals surface area contributed by atoms with Crippen molar-refractivity contribution in [3.05, 3.63) is 51.7 Å². The van der Waals surface area contributed by atoms with E-state index in [0.29, 0.717) is 25.6 Å². The summed E-state index contributed by atoms with van der Waals surface area (Å²) in [7, 11) is 0. The second kappa shape index (κ2) is 10.3. The smallest absolute Gasteiger partial charge is 0.242 e. The quantitative estimate of drug-likeness (QED) is 0.558. The average molecular weight is 420 g/mol. The summed E-state index contributed by atoms with van der Waals surface area (Å²) in [4.78, 5) is 21.3. The van der Waals surface area contributed by atoms with Gasteiger partial charge in [-0.1, -0.05) is 11.6 Å². The third-order valence-electron chi connectivity index (χ3n) is 4.58. The molecule has 1 aliphatic heterocycles. The Bertz CT molecular complexity index is 770. The van der Waals surface area contributed by atoms with Crippen molar-refractivity contribution in [1.82, 2.24) is 15.5 Å². The number of anilines is 1. The zero-order valence-electron chi connectivity index (χ0n) is 16.0. The molecule has 1 aromatic heterocycles. The molecule has 2 N–H and O–H groups in total. The molecule has 0 spiro atoms. The molecule has 1 amide bonds. The molecule has 1 saturated heterocycles. The van der Waals surface area contributed by atoms with Crippen LogP contribution in [0.3, 0.4) is 0 Å². The highest BCUT2D eigenvalue weighted by Crippen LogP contribution is 2.19. The van der Waals surface area contributed by atoms with E-state index in [4.69, 9.17) is 11.6 Å². The van der Waals surface area contributed by atoms with Crippen LogP contribution in [0.4, 0.5) is 5.69 Å². The molecule has 0 atom stereocenters. The number of nitrogens with zero attached hydrogens (tertiary/aromatic N) is 3. The van der Waals surface area contributed by atoms with E-state index in [0.717, 1.165) is 30.3 Å². The van der Waals surface area contributed by atoms with Crippen LogP contribution in [0.2, 0.25) is 5.02 Å². The summed E-state index contributed by atoms with van der Waals surface area (Å²) in [6, 6.07) is 9.90. The third-order valence-corrected chi connectivity index (χ3v) is 5.56. The van der Waals surface area contributed by atoms with Crippen LogP contribution in [0.25, 0.3) is 0 Å². The number of halogens is 1. The minimum absolute atomic E-state index is 0.0943. The number of guanidine groups is 1. The number of carbonyl (C=O) groups is 1. The SMILES string of the molecule is CCNC(=NCc1ccsc1)NCC(=O)N1CCN(c2ccc(Cl)cc2)CC1. The number of piperazine rings is 1. The molecule has 0 unspecified atom stereocenters. The van der Waals surface area contributed by atoms with Crippen molar-refractivity contribution < 1.29 is 4.79 Å². The molecule has 0 aliphatic carbocycles. The highest BCUT2D eigenvalue weighted by molar-refractivity contribution is 7.07. The number of thiophene rings is 1. The minimum atomic E-state index is 0.0943. The van der Waals surface area contributed by atoms with Gasteiger partial charge >= 0.3 is 0 Å². The van der Waals surface area contributed by atoms with Crippen molar-refractivity contribution in [2.45, 2.75) is 13.5 Å². The van der Waals surface area contributed by atoms with E-state index in [2.05, 4.69) is 32.0 Å². The van der Waals surface area contributed by atoms with Crippen molar-refractivity contribution in [2.24, 2.45) is 4.99 Å². The van der Waals surface area contributed by atoms with Crippen LogP contribution in [-0.4, -0.2) is 56.0 Å². The van der Waals surface area contributed by atoms with Gasteiger partial charge in [-0.15, -0.1) is 0 Å². The number of benzene rings is 1. The zero-order valence-corrected chi connectivity index (χ0v) is 17.6. The third kappa shape index (κ3) is 5.87. The van der Waals surface area contributed by atoms with E-state index in [1.54, 1.807) is 11.3 Å². The van der Waals surface area contributed by atoms with Gasteiger partial charge in [-0.2, -0.15) is 11.3 Å². The van der Waals surface area contributed by atoms with Crippen LogP contribution in [0.15, 0.2) is 46.1 Å². The van der Waals surface area contributed by atoms with E-state index in [9.17, 15) is 4.79 Å². The molecule has 28 heavy (non-hydrogen) atoms. The summed E-state index contributed by atoms with van der Waals surface area (Å²) in [5.41, 5.74) is 2.32. The lowest BCUT2D eigenvalue weighted by molar-refractivity contribution is -0.130. The Morgan fingerprint density at radius 2 is 1.89 bits per heavy atom. The average Bonchev–Trinajstić information content (AvgIpc) is 3.24. The van der Waals surface area contributed by atoms with Crippen LogP contribution >= 0.6 is 22.9 Å². The summed E-state index contributed by atoms with van der Waals surface area (Å²) in [6.07, 6.45) is 0. The van der Waals surface area contributed by atoms with Gasteiger partial charge in [0.2, 0.25) is 5.91 Å². The van der Waals surface area contributed by atoms with Crippen molar-refractivity contribution in [2.75, 3.05) is 44.2 Å². The van der Waals surface area contributed by atoms with Crippen LogP contribution in [0.1, 0.15) is 12.5 Å². The van der Waals surface area contributed by atoms with Crippen molar-refractivity contribution >= 4 is 40.5 Å². The first kappa shape index (κ1) is 20.5. The maximum atomic E-state index is 12.6. The van der Waals surface area contributed by atoms with Gasteiger partial charge < -0.3 is 20.4 Å². The van der Waals surface area contributed by atoms with E-state index < -0.39 is 0 Å². The molecule has 3 rings (SSSR count). The fourth-order valence-corrected chi connectivity index (χ4v) is 3.82. The Hall–Kier alpha value is -2.25. The molecule has 8 heteroatoms. The topological polar surface area (TPSA) is 60.0 Å². The predicted molar refractivity (Wildman–Crippen MR) is 117 cm³/mol. The van der Waals surface area contributed by atoms with Gasteiger partial charge in [-0.05, 0) is 53.6 Å². The van der Waals surface area contributed by atoms with E-state index in [-0.39, 0.29) is 12.5 Å². The van der Waals surface area contributed by atoms with E-state index in [1.165, 1.54) is 5.56 Å². The molecular weight excluding hydrogens is 394 g/mol. The number of nitrogens with one attached hydrogen (secondary N) is 2. The van der Waals surface area contributed by atoms with Crippen LogP contribution < -0.4 is 15.5 Å². The van der Waals surface area contributed by atoms with Crippen molar-refractivity contribution in [3.63, 3.8) is 0 Å². The molecule has 1 aromatic carbocycles. The molecule has 150 valence electrons. The Balaban J connectivity index is 1.46. The normalized spacial score (nSPS) is 14.9. The van der Waals surface area contributed by atoms with Gasteiger partial charge in [0.05, 0.1) is 13.1 Å². The zero-order chi connectivity index (χ0) is 19.8. The van der Waals surface area contributed by atoms with Crippen LogP contribution in [0, 0.1) is 0 Å². The lowest BCUT2D eigenvalue weighted by atomic mass is 10.2. The van der Waals surface area contributed by atoms with Gasteiger partial charge in [0.1, 0.15) is 0 Å². The Labute approximate surface area is 175 Å². The maximum Gasteiger partial charge on any atom is 0.242 e. The Morgan fingerprint density at radius 1 is 1.14 bits per heavy atom. The fourth-order valence-electron chi connectivity index (χ4n) is 3.03. The maximum absolute atomic E-state index is 12.6. The van der Waals surface area contributed by atoms with E-state index >= 15 is 0 Å². The lowest BCUT2D eigenvalue weighted by Crippen LogP contribution is -2.52. The standard InChI is InChI=1S/C20H26ClN5OS/c1-2-22-20(23-13-16-7-12-28-15-16)24-14-19(27)26-10-8-25(9-11-26)18-5-3-17(21)4-6-18/h3-7,12,15H,2,8-11,13-14H2,1H3,(H2,22,23,24). The molecule has 2 heterocycles. The number of hydrogen-bond acceptors (Lipinski definition) is 4. The Morgan fingerprint density at radius 3 is 2.54 bits per heavy atom. The predicted octanol–water partition coefficient (Wildman–Crippen LogP) is 2.81. The minimum Gasteiger partial charge on any atom is -0.368 e. The largest absolute Gasteiger partial charge is 0.368 e. The number of hydrogen-bond donors (Lipinski definition) is 2. The van der Waals surface area contributed by atoms with Gasteiger partial charge in [0.25, 0.3) is 0 Å². The number of carbonyl (C=O) groups excluding carboxylic acids is 1. The molecule has 1 aliphatic rings. The second-order valence-electron chi connectivity index (χ2n) is 6.52. The monoisotopic (exact) mass is 419 g/mol. The van der Waals surface area contributed by atoms with Crippen LogP contribution in [-0.2, 0) is 11.3 Å². The second-order valence-corrected chi connectivity index (χ2v) is 7.74. The van der Waals surface area contributed by atoms with E-state index in [1.807, 2.05) is 41.5 Å². The van der Waals surface area contributed by atoms with Crippen molar-refractivity contribution in [1.29, 1.82) is 0 Å². The Kier molecular flexibility index (Phi) is 7.56. The highest BCUT2D eigenvalue weighted by atomic mass is 35.5. The molecule has 1 fully saturated rings. The molecule has 0 radical (unpaired) electrons. The summed E-state index contributed by atoms with van der Waals surface area (Å²) < 4.78 is 0. The molecule has 0 saturated carbocycles. The van der Waals surface area contributed by atoms with Gasteiger partial charge in [-0.3, -0.25) is 4.79 Å². The molecule has 0 bridgehead atoms. The van der Waals surface area contributed by atoms with Crippen molar-refractivity contribution in [3.8, 4) is 0 Å². The number of rotatable bonds is 6. The van der Waals surface area contributed by atoms with Gasteiger partial charge in [-0.25, -0.2) is 4.99 Å².